The summed E-state index contributed by atoms with van der Waals surface area (Å²) in [5.41, 5.74) is 0. The predicted molar refractivity (Wildman–Crippen MR) is 73.1 cm³/mol. The average Bonchev–Trinajstić information content (AvgIpc) is 2.40. The standard InChI is InChI=1S/2C6H12O3S.Zn/c2*7-10(8,9)6-4-2-1-3-5-6;/h2*6H,1-5H2,(H,7,8,9);/q;;+2/p-2. The van der Waals surface area contributed by atoms with Crippen molar-refractivity contribution in [3.05, 3.63) is 0 Å². The summed E-state index contributed by atoms with van der Waals surface area (Å²) in [6.07, 6.45) is 8.03. The fraction of sp³-hybridized carbons (Fsp3) is 1.00. The van der Waals surface area contributed by atoms with Gasteiger partial charge in [0, 0.05) is 10.5 Å². The Morgan fingerprint density at radius 1 is 0.571 bits per heavy atom. The van der Waals surface area contributed by atoms with E-state index >= 15 is 0 Å². The summed E-state index contributed by atoms with van der Waals surface area (Å²) in [6, 6.07) is 0. The zero-order valence-corrected chi connectivity index (χ0v) is 16.8. The normalized spacial score (nSPS) is 21.8. The number of rotatable bonds is 2. The maximum atomic E-state index is 10.4. The van der Waals surface area contributed by atoms with E-state index < -0.39 is 30.7 Å². The first-order valence-electron chi connectivity index (χ1n) is 7.10. The maximum absolute atomic E-state index is 10.4. The summed E-state index contributed by atoms with van der Waals surface area (Å²) in [7, 11) is -7.95. The van der Waals surface area contributed by atoms with Gasteiger partial charge in [0.25, 0.3) is 0 Å². The molecule has 0 aliphatic heterocycles. The number of hydrogen-bond acceptors (Lipinski definition) is 6. The topological polar surface area (TPSA) is 114 Å². The Hall–Kier alpha value is 0.443. The Morgan fingerprint density at radius 2 is 0.810 bits per heavy atom. The molecular weight excluding hydrogens is 370 g/mol. The van der Waals surface area contributed by atoms with E-state index in [0.29, 0.717) is 25.7 Å². The fourth-order valence-electron chi connectivity index (χ4n) is 2.71. The van der Waals surface area contributed by atoms with Crippen molar-refractivity contribution in [2.24, 2.45) is 0 Å². The van der Waals surface area contributed by atoms with E-state index in [1.165, 1.54) is 0 Å². The first-order chi connectivity index (χ1) is 9.21. The van der Waals surface area contributed by atoms with Crippen LogP contribution >= 0.6 is 0 Å². The smallest absolute Gasteiger partial charge is 0.748 e. The molecule has 2 aliphatic carbocycles. The first-order valence-corrected chi connectivity index (χ1v) is 10.0. The largest absolute Gasteiger partial charge is 2.00 e. The van der Waals surface area contributed by atoms with Crippen LogP contribution in [0.2, 0.25) is 0 Å². The van der Waals surface area contributed by atoms with Crippen molar-refractivity contribution in [1.29, 1.82) is 0 Å². The molecule has 2 saturated carbocycles. The minimum absolute atomic E-state index is 0. The molecule has 0 aromatic heterocycles. The molecule has 0 heterocycles. The summed E-state index contributed by atoms with van der Waals surface area (Å²) < 4.78 is 62.6. The van der Waals surface area contributed by atoms with Crippen molar-refractivity contribution in [2.45, 2.75) is 74.7 Å². The van der Waals surface area contributed by atoms with Gasteiger partial charge in [0.15, 0.2) is 0 Å². The minimum atomic E-state index is -3.98. The van der Waals surface area contributed by atoms with Gasteiger partial charge in [-0.3, -0.25) is 0 Å². The van der Waals surface area contributed by atoms with Gasteiger partial charge in [0.2, 0.25) is 0 Å². The molecule has 0 atom stereocenters. The summed E-state index contributed by atoms with van der Waals surface area (Å²) >= 11 is 0. The molecule has 0 aromatic rings. The van der Waals surface area contributed by atoms with Gasteiger partial charge in [-0.1, -0.05) is 38.5 Å². The van der Waals surface area contributed by atoms with Crippen LogP contribution in [0.25, 0.3) is 0 Å². The third-order valence-electron chi connectivity index (χ3n) is 3.92. The molecule has 2 rings (SSSR count). The monoisotopic (exact) mass is 390 g/mol. The second-order valence-electron chi connectivity index (χ2n) is 5.51. The predicted octanol–water partition coefficient (Wildman–Crippen LogP) is 1.73. The maximum Gasteiger partial charge on any atom is 2.00 e. The van der Waals surface area contributed by atoms with E-state index in [0.717, 1.165) is 38.5 Å². The Morgan fingerprint density at radius 3 is 0.952 bits per heavy atom. The van der Waals surface area contributed by atoms with Crippen molar-refractivity contribution in [3.63, 3.8) is 0 Å². The van der Waals surface area contributed by atoms with Gasteiger partial charge in [-0.05, 0) is 25.7 Å². The van der Waals surface area contributed by atoms with E-state index in [4.69, 9.17) is 0 Å². The van der Waals surface area contributed by atoms with Crippen LogP contribution in [0.5, 0.6) is 0 Å². The molecule has 2 fully saturated rings. The molecule has 0 N–H and O–H groups in total. The van der Waals surface area contributed by atoms with Crippen LogP contribution in [0.3, 0.4) is 0 Å². The van der Waals surface area contributed by atoms with Gasteiger partial charge in [-0.25, -0.2) is 16.8 Å². The van der Waals surface area contributed by atoms with Gasteiger partial charge < -0.3 is 9.11 Å². The number of hydrogen-bond donors (Lipinski definition) is 0. The summed E-state index contributed by atoms with van der Waals surface area (Å²) in [5, 5.41) is -1.16. The van der Waals surface area contributed by atoms with Gasteiger partial charge in [-0.2, -0.15) is 0 Å². The SMILES string of the molecule is O=S(=O)([O-])C1CCCCC1.O=S(=O)([O-])C1CCCCC1.[Zn+2]. The van der Waals surface area contributed by atoms with Crippen LogP contribution in [0, 0.1) is 0 Å². The Bertz CT molecular complexity index is 430. The molecule has 0 unspecified atom stereocenters. The summed E-state index contributed by atoms with van der Waals surface area (Å²) in [6.45, 7) is 0. The molecule has 6 nitrogen and oxygen atoms in total. The van der Waals surface area contributed by atoms with Crippen LogP contribution in [-0.2, 0) is 39.7 Å². The van der Waals surface area contributed by atoms with E-state index in [1.807, 2.05) is 0 Å². The van der Waals surface area contributed by atoms with Crippen LogP contribution in [0.1, 0.15) is 64.2 Å². The van der Waals surface area contributed by atoms with Crippen LogP contribution in [-0.4, -0.2) is 36.4 Å². The first kappa shape index (κ1) is 21.4. The molecule has 9 heteroatoms. The van der Waals surface area contributed by atoms with Gasteiger partial charge in [0.05, 0.1) is 20.2 Å². The Balaban J connectivity index is 0.000000364. The van der Waals surface area contributed by atoms with Gasteiger partial charge in [-0.15, -0.1) is 0 Å². The van der Waals surface area contributed by atoms with Crippen molar-refractivity contribution < 1.29 is 45.4 Å². The van der Waals surface area contributed by atoms with E-state index in [1.54, 1.807) is 0 Å². The molecule has 120 valence electrons. The fourth-order valence-corrected chi connectivity index (χ4v) is 4.53. The van der Waals surface area contributed by atoms with Crippen molar-refractivity contribution in [2.75, 3.05) is 0 Å². The summed E-state index contributed by atoms with van der Waals surface area (Å²) in [5.74, 6) is 0. The van der Waals surface area contributed by atoms with Gasteiger partial charge >= 0.3 is 19.5 Å². The van der Waals surface area contributed by atoms with E-state index in [9.17, 15) is 25.9 Å². The average molecular weight is 392 g/mol. The van der Waals surface area contributed by atoms with E-state index in [-0.39, 0.29) is 19.5 Å². The molecule has 0 aromatic carbocycles. The zero-order chi connectivity index (χ0) is 15.2. The Labute approximate surface area is 140 Å². The molecule has 0 saturated heterocycles. The summed E-state index contributed by atoms with van der Waals surface area (Å²) in [4.78, 5) is 0. The Kier molecular flexibility index (Phi) is 9.75. The molecule has 0 spiro atoms. The van der Waals surface area contributed by atoms with Crippen molar-refractivity contribution in [1.82, 2.24) is 0 Å². The van der Waals surface area contributed by atoms with Crippen molar-refractivity contribution in [3.8, 4) is 0 Å². The van der Waals surface area contributed by atoms with E-state index in [2.05, 4.69) is 0 Å². The second kappa shape index (κ2) is 9.55. The minimum Gasteiger partial charge on any atom is -0.748 e. The molecular formula is C12H22O6S2Zn. The van der Waals surface area contributed by atoms with Crippen LogP contribution < -0.4 is 0 Å². The molecule has 2 aliphatic rings. The third kappa shape index (κ3) is 8.60. The van der Waals surface area contributed by atoms with Gasteiger partial charge in [0.1, 0.15) is 0 Å². The third-order valence-corrected chi connectivity index (χ3v) is 6.50. The second-order valence-corrected chi connectivity index (χ2v) is 8.81. The molecule has 0 amide bonds. The van der Waals surface area contributed by atoms with Crippen LogP contribution in [0.15, 0.2) is 0 Å². The quantitative estimate of drug-likeness (QED) is 0.523. The van der Waals surface area contributed by atoms with Crippen LogP contribution in [0.4, 0.5) is 0 Å². The van der Waals surface area contributed by atoms with Crippen molar-refractivity contribution >= 4 is 20.2 Å². The molecule has 0 bridgehead atoms. The zero-order valence-electron chi connectivity index (χ0n) is 12.2. The molecule has 0 radical (unpaired) electrons. The molecule has 21 heavy (non-hydrogen) atoms.